The zero-order valence-corrected chi connectivity index (χ0v) is 20.9. The van der Waals surface area contributed by atoms with Crippen LogP contribution < -0.4 is 9.80 Å². The van der Waals surface area contributed by atoms with E-state index in [4.69, 9.17) is 4.74 Å². The molecule has 9 nitrogen and oxygen atoms in total. The van der Waals surface area contributed by atoms with Crippen molar-refractivity contribution in [2.45, 2.75) is 50.4 Å². The molecule has 2 aromatic heterocycles. The van der Waals surface area contributed by atoms with Gasteiger partial charge in [0.2, 0.25) is 0 Å². The van der Waals surface area contributed by atoms with Gasteiger partial charge in [0.15, 0.2) is 5.16 Å². The van der Waals surface area contributed by atoms with Crippen LogP contribution in [-0.2, 0) is 4.74 Å². The molecule has 1 aromatic carbocycles. The summed E-state index contributed by atoms with van der Waals surface area (Å²) in [4.78, 5) is 39.9. The summed E-state index contributed by atoms with van der Waals surface area (Å²) in [5.41, 5.74) is 1.32. The molecular formula is C25H26N6O3S. The maximum Gasteiger partial charge on any atom is 0.419 e. The smallest absolute Gasteiger partial charge is 0.419 e. The molecule has 0 radical (unpaired) electrons. The molecule has 35 heavy (non-hydrogen) atoms. The van der Waals surface area contributed by atoms with Crippen LogP contribution in [0.2, 0.25) is 0 Å². The maximum absolute atomic E-state index is 13.9. The minimum absolute atomic E-state index is 0.0869. The first-order valence-corrected chi connectivity index (χ1v) is 12.7. The van der Waals surface area contributed by atoms with Gasteiger partial charge >= 0.3 is 6.09 Å². The molecule has 2 aliphatic rings. The van der Waals surface area contributed by atoms with E-state index >= 15 is 0 Å². The SMILES string of the molecule is CSc1ncc2c(n1)N1CCCC1CN(c1cn(C(=O)OC(C)(C)C)c3ccc(C#N)cc13)C2=O. The van der Waals surface area contributed by atoms with Crippen LogP contribution in [0.3, 0.4) is 0 Å². The number of benzene rings is 1. The predicted molar refractivity (Wildman–Crippen MR) is 134 cm³/mol. The summed E-state index contributed by atoms with van der Waals surface area (Å²) in [6.07, 6.45) is 6.53. The lowest BCUT2D eigenvalue weighted by Crippen LogP contribution is -2.39. The maximum atomic E-state index is 13.9. The Morgan fingerprint density at radius 2 is 2.11 bits per heavy atom. The van der Waals surface area contributed by atoms with Crippen LogP contribution in [0, 0.1) is 11.3 Å². The Balaban J connectivity index is 1.68. The van der Waals surface area contributed by atoms with Gasteiger partial charge in [0, 0.05) is 36.9 Å². The number of thioether (sulfide) groups is 1. The summed E-state index contributed by atoms with van der Waals surface area (Å²) < 4.78 is 7.03. The Labute approximate surface area is 207 Å². The van der Waals surface area contributed by atoms with Gasteiger partial charge < -0.3 is 14.5 Å². The van der Waals surface area contributed by atoms with Gasteiger partial charge in [-0.15, -0.1) is 0 Å². The summed E-state index contributed by atoms with van der Waals surface area (Å²) in [6.45, 7) is 6.67. The minimum Gasteiger partial charge on any atom is -0.443 e. The third kappa shape index (κ3) is 4.10. The first-order valence-electron chi connectivity index (χ1n) is 11.5. The summed E-state index contributed by atoms with van der Waals surface area (Å²) >= 11 is 1.44. The second-order valence-electron chi connectivity index (χ2n) is 9.71. The molecule has 2 aliphatic heterocycles. The number of rotatable bonds is 2. The van der Waals surface area contributed by atoms with Crippen LogP contribution in [0.4, 0.5) is 16.3 Å². The van der Waals surface area contributed by atoms with Crippen molar-refractivity contribution in [1.29, 1.82) is 5.26 Å². The molecule has 1 unspecified atom stereocenters. The summed E-state index contributed by atoms with van der Waals surface area (Å²) in [5.74, 6) is 0.431. The van der Waals surface area contributed by atoms with Crippen molar-refractivity contribution in [2.75, 3.05) is 29.1 Å². The van der Waals surface area contributed by atoms with Crippen LogP contribution in [0.15, 0.2) is 35.7 Å². The zero-order chi connectivity index (χ0) is 24.9. The average Bonchev–Trinajstić information content (AvgIpc) is 3.42. The van der Waals surface area contributed by atoms with E-state index in [9.17, 15) is 14.9 Å². The van der Waals surface area contributed by atoms with E-state index in [0.717, 1.165) is 19.4 Å². The highest BCUT2D eigenvalue weighted by atomic mass is 32.2. The topological polar surface area (TPSA) is 104 Å². The number of anilines is 2. The Morgan fingerprint density at radius 3 is 2.83 bits per heavy atom. The van der Waals surface area contributed by atoms with Crippen LogP contribution in [0.25, 0.3) is 10.9 Å². The van der Waals surface area contributed by atoms with E-state index in [1.54, 1.807) is 56.3 Å². The Bertz CT molecular complexity index is 1390. The normalized spacial score (nSPS) is 17.7. The summed E-state index contributed by atoms with van der Waals surface area (Å²) in [7, 11) is 0. The van der Waals surface area contributed by atoms with Crippen LogP contribution in [0.1, 0.15) is 49.5 Å². The standard InChI is InChI=1S/C25H26N6O3S/c1-25(2,3)34-24(33)31-14-20(17-10-15(11-26)7-8-19(17)31)30-13-16-6-5-9-29(16)21-18(22(30)32)12-27-23(28-21)35-4/h7-8,10,12,14,16H,5-6,9,13H2,1-4H3. The number of carbonyl (C=O) groups excluding carboxylic acids is 2. The predicted octanol–water partition coefficient (Wildman–Crippen LogP) is 4.44. The number of nitrogens with zero attached hydrogens (tertiary/aromatic N) is 6. The van der Waals surface area contributed by atoms with E-state index in [-0.39, 0.29) is 11.9 Å². The molecule has 1 atom stereocenters. The number of fused-ring (bicyclic) bond motifs is 4. The lowest BCUT2D eigenvalue weighted by molar-refractivity contribution is 0.0544. The Morgan fingerprint density at radius 1 is 1.31 bits per heavy atom. The Hall–Kier alpha value is -3.58. The third-order valence-corrected chi connectivity index (χ3v) is 6.80. The number of hydrogen-bond donors (Lipinski definition) is 0. The molecule has 0 saturated carbocycles. The molecule has 1 saturated heterocycles. The zero-order valence-electron chi connectivity index (χ0n) is 20.1. The first kappa shape index (κ1) is 23.2. The van der Waals surface area contributed by atoms with Crippen molar-refractivity contribution < 1.29 is 14.3 Å². The quantitative estimate of drug-likeness (QED) is 0.384. The van der Waals surface area contributed by atoms with Gasteiger partial charge in [-0.3, -0.25) is 9.36 Å². The van der Waals surface area contributed by atoms with Crippen molar-refractivity contribution >= 4 is 46.2 Å². The van der Waals surface area contributed by atoms with Gasteiger partial charge in [0.05, 0.1) is 22.8 Å². The largest absolute Gasteiger partial charge is 0.443 e. The molecule has 1 amide bonds. The number of hydrogen-bond acceptors (Lipinski definition) is 8. The third-order valence-electron chi connectivity index (χ3n) is 6.24. The van der Waals surface area contributed by atoms with Crippen molar-refractivity contribution in [1.82, 2.24) is 14.5 Å². The van der Waals surface area contributed by atoms with Gasteiger partial charge in [-0.2, -0.15) is 5.26 Å². The van der Waals surface area contributed by atoms with Gasteiger partial charge in [-0.1, -0.05) is 11.8 Å². The average molecular weight is 491 g/mol. The van der Waals surface area contributed by atoms with Gasteiger partial charge in [0.1, 0.15) is 17.0 Å². The number of nitriles is 1. The fraction of sp³-hybridized carbons (Fsp3) is 0.400. The number of amides is 1. The molecule has 3 aromatic rings. The van der Waals surface area contributed by atoms with Crippen molar-refractivity contribution in [3.05, 3.63) is 41.7 Å². The molecule has 0 aliphatic carbocycles. The minimum atomic E-state index is -0.686. The van der Waals surface area contributed by atoms with E-state index in [2.05, 4.69) is 20.9 Å². The van der Waals surface area contributed by atoms with E-state index in [1.165, 1.54) is 16.3 Å². The number of aromatic nitrogens is 3. The van der Waals surface area contributed by atoms with Crippen molar-refractivity contribution in [3.8, 4) is 6.07 Å². The van der Waals surface area contributed by atoms with Gasteiger partial charge in [0.25, 0.3) is 5.91 Å². The second kappa shape index (κ2) is 8.57. The fourth-order valence-corrected chi connectivity index (χ4v) is 5.07. The second-order valence-corrected chi connectivity index (χ2v) is 10.5. The van der Waals surface area contributed by atoms with Crippen molar-refractivity contribution in [2.24, 2.45) is 0 Å². The van der Waals surface area contributed by atoms with E-state index < -0.39 is 11.7 Å². The monoisotopic (exact) mass is 490 g/mol. The van der Waals surface area contributed by atoms with Crippen LogP contribution >= 0.6 is 11.8 Å². The van der Waals surface area contributed by atoms with E-state index in [0.29, 0.717) is 45.2 Å². The van der Waals surface area contributed by atoms with Crippen LogP contribution in [-0.4, -0.2) is 57.5 Å². The molecule has 0 bridgehead atoms. The molecule has 1 fully saturated rings. The van der Waals surface area contributed by atoms with Gasteiger partial charge in [-0.05, 0) is 58.1 Å². The molecule has 180 valence electrons. The van der Waals surface area contributed by atoms with Crippen LogP contribution in [0.5, 0.6) is 0 Å². The number of ether oxygens (including phenoxy) is 1. The summed E-state index contributed by atoms with van der Waals surface area (Å²) in [5, 5.41) is 10.8. The number of carbonyl (C=O) groups is 2. The highest BCUT2D eigenvalue weighted by molar-refractivity contribution is 7.98. The molecule has 5 rings (SSSR count). The molecular weight excluding hydrogens is 464 g/mol. The highest BCUT2D eigenvalue weighted by Crippen LogP contribution is 2.38. The molecule has 10 heteroatoms. The molecule has 4 heterocycles. The first-order chi connectivity index (χ1) is 16.7. The fourth-order valence-electron chi connectivity index (χ4n) is 4.74. The highest BCUT2D eigenvalue weighted by Gasteiger charge is 2.38. The van der Waals surface area contributed by atoms with Crippen molar-refractivity contribution in [3.63, 3.8) is 0 Å². The lowest BCUT2D eigenvalue weighted by atomic mass is 10.1. The van der Waals surface area contributed by atoms with E-state index in [1.807, 2.05) is 6.26 Å². The van der Waals surface area contributed by atoms with Gasteiger partial charge in [-0.25, -0.2) is 14.8 Å². The molecule has 0 spiro atoms. The molecule has 0 N–H and O–H groups in total. The summed E-state index contributed by atoms with van der Waals surface area (Å²) in [6, 6.07) is 7.33. The lowest BCUT2D eigenvalue weighted by Gasteiger charge is -2.26. The Kier molecular flexibility index (Phi) is 5.68.